The third kappa shape index (κ3) is 4.62. The van der Waals surface area contributed by atoms with Gasteiger partial charge >= 0.3 is 0 Å². The lowest BCUT2D eigenvalue weighted by Gasteiger charge is -2.18. The minimum atomic E-state index is -0.339. The average molecular weight is 462 g/mol. The zero-order valence-corrected chi connectivity index (χ0v) is 19.5. The second kappa shape index (κ2) is 8.63. The van der Waals surface area contributed by atoms with Crippen LogP contribution in [0.5, 0.6) is 0 Å². The SMILES string of the molecule is Cc1nn(-c2ccc(Cl)cc2Cl)c(C)c1CC(=O)NC(c1nc(C2CC2)no1)C(C)C. The Morgan fingerprint density at radius 2 is 2.03 bits per heavy atom. The smallest absolute Gasteiger partial charge is 0.249 e. The molecule has 1 atom stereocenters. The highest BCUT2D eigenvalue weighted by atomic mass is 35.5. The highest BCUT2D eigenvalue weighted by molar-refractivity contribution is 6.35. The second-order valence-corrected chi connectivity index (χ2v) is 9.23. The summed E-state index contributed by atoms with van der Waals surface area (Å²) in [5.74, 6) is 1.58. The lowest BCUT2D eigenvalue weighted by atomic mass is 10.0. The number of nitrogens with one attached hydrogen (secondary N) is 1. The van der Waals surface area contributed by atoms with E-state index in [-0.39, 0.29) is 24.3 Å². The Bertz CT molecular complexity index is 1120. The molecular weight excluding hydrogens is 437 g/mol. The number of benzene rings is 1. The molecule has 1 N–H and O–H groups in total. The molecule has 2 heterocycles. The first-order valence-corrected chi connectivity index (χ1v) is 11.1. The van der Waals surface area contributed by atoms with Crippen LogP contribution in [0.15, 0.2) is 22.7 Å². The minimum Gasteiger partial charge on any atom is -0.344 e. The van der Waals surface area contributed by atoms with Gasteiger partial charge < -0.3 is 9.84 Å². The fraction of sp³-hybridized carbons (Fsp3) is 0.455. The van der Waals surface area contributed by atoms with Crippen molar-refractivity contribution in [2.75, 3.05) is 0 Å². The number of carbonyl (C=O) groups is 1. The molecule has 1 aromatic carbocycles. The van der Waals surface area contributed by atoms with Crippen LogP contribution in [0.3, 0.4) is 0 Å². The Morgan fingerprint density at radius 3 is 2.68 bits per heavy atom. The van der Waals surface area contributed by atoms with Crippen LogP contribution in [0.4, 0.5) is 0 Å². The van der Waals surface area contributed by atoms with Crippen LogP contribution in [0.1, 0.15) is 67.3 Å². The zero-order chi connectivity index (χ0) is 22.3. The van der Waals surface area contributed by atoms with Crippen molar-refractivity contribution in [2.45, 2.75) is 58.9 Å². The molecule has 7 nitrogen and oxygen atoms in total. The average Bonchev–Trinajstić information content (AvgIpc) is 3.38. The number of rotatable bonds is 7. The first-order chi connectivity index (χ1) is 14.7. The van der Waals surface area contributed by atoms with Gasteiger partial charge in [0.25, 0.3) is 0 Å². The molecular formula is C22H25Cl2N5O2. The van der Waals surface area contributed by atoms with Crippen molar-refractivity contribution < 1.29 is 9.32 Å². The molecule has 31 heavy (non-hydrogen) atoms. The molecule has 1 unspecified atom stereocenters. The van der Waals surface area contributed by atoms with Crippen molar-refractivity contribution in [3.63, 3.8) is 0 Å². The lowest BCUT2D eigenvalue weighted by molar-refractivity contribution is -0.121. The van der Waals surface area contributed by atoms with Gasteiger partial charge in [-0.1, -0.05) is 42.2 Å². The molecule has 0 spiro atoms. The topological polar surface area (TPSA) is 85.8 Å². The predicted octanol–water partition coefficient (Wildman–Crippen LogP) is 5.11. The van der Waals surface area contributed by atoms with Crippen molar-refractivity contribution in [3.8, 4) is 5.69 Å². The van der Waals surface area contributed by atoms with Gasteiger partial charge in [-0.3, -0.25) is 4.79 Å². The molecule has 164 valence electrons. The van der Waals surface area contributed by atoms with Crippen LogP contribution < -0.4 is 5.32 Å². The molecule has 2 aromatic heterocycles. The van der Waals surface area contributed by atoms with Crippen molar-refractivity contribution in [3.05, 3.63) is 56.9 Å². The zero-order valence-electron chi connectivity index (χ0n) is 17.9. The molecule has 1 aliphatic carbocycles. The molecule has 1 aliphatic rings. The van der Waals surface area contributed by atoms with Gasteiger partial charge in [-0.15, -0.1) is 0 Å². The van der Waals surface area contributed by atoms with E-state index in [2.05, 4.69) is 20.6 Å². The molecule has 0 aliphatic heterocycles. The van der Waals surface area contributed by atoms with Crippen molar-refractivity contribution in [1.82, 2.24) is 25.2 Å². The minimum absolute atomic E-state index is 0.106. The summed E-state index contributed by atoms with van der Waals surface area (Å²) in [6.45, 7) is 7.84. The molecule has 0 radical (unpaired) electrons. The van der Waals surface area contributed by atoms with E-state index in [1.807, 2.05) is 33.8 Å². The predicted molar refractivity (Wildman–Crippen MR) is 119 cm³/mol. The van der Waals surface area contributed by atoms with Gasteiger partial charge in [-0.25, -0.2) is 4.68 Å². The van der Waals surface area contributed by atoms with E-state index in [9.17, 15) is 4.79 Å². The molecule has 1 saturated carbocycles. The Kier molecular flexibility index (Phi) is 6.08. The molecule has 3 aromatic rings. The first kappa shape index (κ1) is 21.8. The molecule has 9 heteroatoms. The quantitative estimate of drug-likeness (QED) is 0.527. The number of aryl methyl sites for hydroxylation is 1. The van der Waals surface area contributed by atoms with E-state index in [1.165, 1.54) is 0 Å². The van der Waals surface area contributed by atoms with Gasteiger partial charge in [-0.2, -0.15) is 10.1 Å². The maximum absolute atomic E-state index is 12.9. The maximum atomic E-state index is 12.9. The number of carbonyl (C=O) groups excluding carboxylic acids is 1. The van der Waals surface area contributed by atoms with E-state index in [4.69, 9.17) is 27.7 Å². The van der Waals surface area contributed by atoms with Crippen LogP contribution in [-0.2, 0) is 11.2 Å². The fourth-order valence-electron chi connectivity index (χ4n) is 3.60. The van der Waals surface area contributed by atoms with Crippen molar-refractivity contribution in [1.29, 1.82) is 0 Å². The fourth-order valence-corrected chi connectivity index (χ4v) is 4.09. The summed E-state index contributed by atoms with van der Waals surface area (Å²) in [6.07, 6.45) is 2.38. The summed E-state index contributed by atoms with van der Waals surface area (Å²) in [7, 11) is 0. The summed E-state index contributed by atoms with van der Waals surface area (Å²) in [5, 5.41) is 12.8. The second-order valence-electron chi connectivity index (χ2n) is 8.39. The van der Waals surface area contributed by atoms with Crippen molar-refractivity contribution in [2.24, 2.45) is 5.92 Å². The van der Waals surface area contributed by atoms with Gasteiger partial charge in [-0.05, 0) is 50.8 Å². The highest BCUT2D eigenvalue weighted by Crippen LogP contribution is 2.38. The van der Waals surface area contributed by atoms with Gasteiger partial charge in [0, 0.05) is 22.2 Å². The van der Waals surface area contributed by atoms with Crippen LogP contribution in [0, 0.1) is 19.8 Å². The van der Waals surface area contributed by atoms with E-state index in [0.29, 0.717) is 21.9 Å². The number of halogens is 2. The molecule has 0 bridgehead atoms. The maximum Gasteiger partial charge on any atom is 0.249 e. The number of aromatic nitrogens is 4. The number of hydrogen-bond donors (Lipinski definition) is 1. The van der Waals surface area contributed by atoms with Gasteiger partial charge in [0.15, 0.2) is 5.82 Å². The summed E-state index contributed by atoms with van der Waals surface area (Å²) >= 11 is 12.4. The van der Waals surface area contributed by atoms with Gasteiger partial charge in [0.05, 0.1) is 22.8 Å². The van der Waals surface area contributed by atoms with E-state index in [0.717, 1.165) is 41.3 Å². The normalized spacial score (nSPS) is 14.8. The van der Waals surface area contributed by atoms with Gasteiger partial charge in [0.1, 0.15) is 6.04 Å². The lowest BCUT2D eigenvalue weighted by Crippen LogP contribution is -2.33. The van der Waals surface area contributed by atoms with Crippen LogP contribution in [0.2, 0.25) is 10.0 Å². The third-order valence-corrected chi connectivity index (χ3v) is 6.10. The Hall–Kier alpha value is -2.38. The summed E-state index contributed by atoms with van der Waals surface area (Å²) in [4.78, 5) is 17.4. The number of hydrogen-bond acceptors (Lipinski definition) is 5. The largest absolute Gasteiger partial charge is 0.344 e. The molecule has 1 amide bonds. The summed E-state index contributed by atoms with van der Waals surface area (Å²) in [5.41, 5.74) is 3.20. The van der Waals surface area contributed by atoms with Gasteiger partial charge in [0.2, 0.25) is 11.8 Å². The van der Waals surface area contributed by atoms with Crippen LogP contribution in [0.25, 0.3) is 5.69 Å². The van der Waals surface area contributed by atoms with Crippen LogP contribution >= 0.6 is 23.2 Å². The highest BCUT2D eigenvalue weighted by Gasteiger charge is 2.32. The molecule has 0 saturated heterocycles. The van der Waals surface area contributed by atoms with E-state index in [1.54, 1.807) is 16.8 Å². The summed E-state index contributed by atoms with van der Waals surface area (Å²) < 4.78 is 7.20. The first-order valence-electron chi connectivity index (χ1n) is 10.4. The number of amides is 1. The number of nitrogens with zero attached hydrogens (tertiary/aromatic N) is 4. The Labute approximate surface area is 191 Å². The Morgan fingerprint density at radius 1 is 1.29 bits per heavy atom. The monoisotopic (exact) mass is 461 g/mol. The van der Waals surface area contributed by atoms with Crippen molar-refractivity contribution >= 4 is 29.1 Å². The molecule has 4 rings (SSSR count). The Balaban J connectivity index is 1.52. The standard InChI is InChI=1S/C22H25Cl2N5O2/c1-11(2)20(22-26-21(28-31-22)14-5-6-14)25-19(30)10-16-12(3)27-29(13(16)4)18-8-7-15(23)9-17(18)24/h7-9,11,14,20H,5-6,10H2,1-4H3,(H,25,30). The molecule has 1 fully saturated rings. The van der Waals surface area contributed by atoms with Crippen LogP contribution in [-0.4, -0.2) is 25.8 Å². The van der Waals surface area contributed by atoms with E-state index < -0.39 is 0 Å². The van der Waals surface area contributed by atoms with E-state index >= 15 is 0 Å². The summed E-state index contributed by atoms with van der Waals surface area (Å²) in [6, 6.07) is 4.91. The third-order valence-electron chi connectivity index (χ3n) is 5.57.